The van der Waals surface area contributed by atoms with Crippen LogP contribution in [0.25, 0.3) is 0 Å². The summed E-state index contributed by atoms with van der Waals surface area (Å²) in [4.78, 5) is 29.0. The molecule has 0 spiro atoms. The van der Waals surface area contributed by atoms with Gasteiger partial charge in [-0.25, -0.2) is 0 Å². The van der Waals surface area contributed by atoms with E-state index in [1.807, 2.05) is 11.0 Å². The molecule has 1 aliphatic heterocycles. The first kappa shape index (κ1) is 31.0. The predicted octanol–water partition coefficient (Wildman–Crippen LogP) is 2.86. The SMILES string of the molecule is COCCCc1cc(CN(C(=O)C2CNCC[C@@H]2c2cc(=O)n(C)cc2OCOC)C2CC2)cc(OCCOC)c1. The van der Waals surface area contributed by atoms with Crippen molar-refractivity contribution in [1.82, 2.24) is 14.8 Å². The number of hydrogen-bond acceptors (Lipinski definition) is 8. The van der Waals surface area contributed by atoms with Gasteiger partial charge in [0.05, 0.1) is 12.5 Å². The number of carbonyl (C=O) groups is 1. The van der Waals surface area contributed by atoms with E-state index in [0.29, 0.717) is 38.7 Å². The van der Waals surface area contributed by atoms with E-state index < -0.39 is 0 Å². The van der Waals surface area contributed by atoms with E-state index >= 15 is 0 Å². The van der Waals surface area contributed by atoms with Gasteiger partial charge in [-0.2, -0.15) is 0 Å². The lowest BCUT2D eigenvalue weighted by atomic mass is 9.80. The van der Waals surface area contributed by atoms with Gasteiger partial charge in [-0.1, -0.05) is 6.07 Å². The van der Waals surface area contributed by atoms with Crippen LogP contribution in [0.2, 0.25) is 0 Å². The summed E-state index contributed by atoms with van der Waals surface area (Å²) in [5.41, 5.74) is 2.85. The molecule has 1 unspecified atom stereocenters. The maximum absolute atomic E-state index is 14.3. The Morgan fingerprint density at radius 3 is 2.49 bits per heavy atom. The second-order valence-corrected chi connectivity index (χ2v) is 10.9. The molecule has 10 heteroatoms. The minimum Gasteiger partial charge on any atom is -0.491 e. The highest BCUT2D eigenvalue weighted by molar-refractivity contribution is 5.81. The highest BCUT2D eigenvalue weighted by Crippen LogP contribution is 2.39. The van der Waals surface area contributed by atoms with Gasteiger partial charge >= 0.3 is 0 Å². The summed E-state index contributed by atoms with van der Waals surface area (Å²) >= 11 is 0. The average Bonchev–Trinajstić information content (AvgIpc) is 3.82. The highest BCUT2D eigenvalue weighted by Gasteiger charge is 2.41. The smallest absolute Gasteiger partial charge is 0.250 e. The quantitative estimate of drug-likeness (QED) is 0.243. The van der Waals surface area contributed by atoms with Crippen LogP contribution < -0.4 is 20.3 Å². The molecule has 1 aliphatic carbocycles. The topological polar surface area (TPSA) is 100 Å². The molecule has 226 valence electrons. The lowest BCUT2D eigenvalue weighted by Crippen LogP contribution is -2.47. The third-order valence-corrected chi connectivity index (χ3v) is 7.77. The number of aromatic nitrogens is 1. The Kier molecular flexibility index (Phi) is 11.6. The van der Waals surface area contributed by atoms with Crippen molar-refractivity contribution in [2.75, 3.05) is 61.0 Å². The minimum absolute atomic E-state index is 0.0679. The van der Waals surface area contributed by atoms with Crippen molar-refractivity contribution in [1.29, 1.82) is 0 Å². The summed E-state index contributed by atoms with van der Waals surface area (Å²) in [6.45, 7) is 3.54. The van der Waals surface area contributed by atoms with Crippen LogP contribution in [-0.2, 0) is 39.0 Å². The van der Waals surface area contributed by atoms with Crippen molar-refractivity contribution in [3.05, 3.63) is 57.5 Å². The number of pyridine rings is 1. The normalized spacial score (nSPS) is 18.7. The molecule has 2 heterocycles. The lowest BCUT2D eigenvalue weighted by molar-refractivity contribution is -0.138. The fourth-order valence-electron chi connectivity index (χ4n) is 5.54. The predicted molar refractivity (Wildman–Crippen MR) is 155 cm³/mol. The van der Waals surface area contributed by atoms with E-state index in [0.717, 1.165) is 61.1 Å². The summed E-state index contributed by atoms with van der Waals surface area (Å²) in [6.07, 6.45) is 6.19. The van der Waals surface area contributed by atoms with Crippen LogP contribution >= 0.6 is 0 Å². The molecule has 2 aromatic rings. The van der Waals surface area contributed by atoms with Crippen LogP contribution in [-0.4, -0.2) is 82.4 Å². The molecule has 0 radical (unpaired) electrons. The third kappa shape index (κ3) is 8.54. The van der Waals surface area contributed by atoms with Gasteiger partial charge in [-0.15, -0.1) is 0 Å². The number of nitrogens with one attached hydrogen (secondary N) is 1. The highest BCUT2D eigenvalue weighted by atomic mass is 16.7. The number of carbonyl (C=O) groups excluding carboxylic acids is 1. The van der Waals surface area contributed by atoms with Crippen LogP contribution in [0.15, 0.2) is 35.3 Å². The Hall–Kier alpha value is -2.92. The number of piperidine rings is 1. The first-order chi connectivity index (χ1) is 19.9. The number of benzene rings is 1. The zero-order valence-corrected chi connectivity index (χ0v) is 24.9. The van der Waals surface area contributed by atoms with Gasteiger partial charge in [0.15, 0.2) is 6.79 Å². The molecule has 1 N–H and O–H groups in total. The number of nitrogens with zero attached hydrogens (tertiary/aromatic N) is 2. The van der Waals surface area contributed by atoms with E-state index in [-0.39, 0.29) is 36.1 Å². The minimum atomic E-state index is -0.316. The van der Waals surface area contributed by atoms with E-state index in [4.69, 9.17) is 23.7 Å². The molecule has 4 rings (SSSR count). The van der Waals surface area contributed by atoms with Crippen molar-refractivity contribution in [2.24, 2.45) is 13.0 Å². The van der Waals surface area contributed by atoms with Crippen LogP contribution in [0.5, 0.6) is 11.5 Å². The molecule has 2 aliphatic rings. The molecule has 2 atom stereocenters. The maximum Gasteiger partial charge on any atom is 0.250 e. The molecule has 1 saturated heterocycles. The first-order valence-electron chi connectivity index (χ1n) is 14.5. The largest absolute Gasteiger partial charge is 0.491 e. The van der Waals surface area contributed by atoms with Gasteiger partial charge in [0.25, 0.3) is 5.56 Å². The van der Waals surface area contributed by atoms with Gasteiger partial charge in [0, 0.05) is 77.9 Å². The van der Waals surface area contributed by atoms with Crippen molar-refractivity contribution >= 4 is 5.91 Å². The molecular weight excluding hydrogens is 526 g/mol. The molecule has 1 aromatic heterocycles. The van der Waals surface area contributed by atoms with Gasteiger partial charge in [0.1, 0.15) is 18.1 Å². The Bertz CT molecular complexity index is 1170. The number of ether oxygens (including phenoxy) is 5. The Balaban J connectivity index is 1.60. The molecule has 41 heavy (non-hydrogen) atoms. The molecule has 2 fully saturated rings. The van der Waals surface area contributed by atoms with Crippen molar-refractivity contribution < 1.29 is 28.5 Å². The molecular formula is C31H45N3O7. The monoisotopic (exact) mass is 571 g/mol. The lowest BCUT2D eigenvalue weighted by Gasteiger charge is -2.36. The van der Waals surface area contributed by atoms with E-state index in [1.165, 1.54) is 4.57 Å². The molecule has 1 amide bonds. The van der Waals surface area contributed by atoms with Crippen molar-refractivity contribution in [3.63, 3.8) is 0 Å². The van der Waals surface area contributed by atoms with Gasteiger partial charge in [0.2, 0.25) is 5.91 Å². The number of amides is 1. The molecule has 1 aromatic carbocycles. The molecule has 0 bridgehead atoms. The summed E-state index contributed by atoms with van der Waals surface area (Å²) in [6, 6.07) is 8.11. The van der Waals surface area contributed by atoms with Crippen molar-refractivity contribution in [2.45, 2.75) is 50.6 Å². The second-order valence-electron chi connectivity index (χ2n) is 10.9. The fraction of sp³-hybridized carbons (Fsp3) is 0.613. The number of aryl methyl sites for hydroxylation is 2. The van der Waals surface area contributed by atoms with Crippen LogP contribution in [0.4, 0.5) is 0 Å². The summed E-state index contributed by atoms with van der Waals surface area (Å²) < 4.78 is 28.9. The van der Waals surface area contributed by atoms with Crippen LogP contribution in [0.3, 0.4) is 0 Å². The zero-order valence-electron chi connectivity index (χ0n) is 24.9. The number of methoxy groups -OCH3 is 3. The van der Waals surface area contributed by atoms with Crippen LogP contribution in [0.1, 0.15) is 48.3 Å². The van der Waals surface area contributed by atoms with E-state index in [9.17, 15) is 9.59 Å². The van der Waals surface area contributed by atoms with Gasteiger partial charge in [-0.3, -0.25) is 9.59 Å². The van der Waals surface area contributed by atoms with E-state index in [2.05, 4.69) is 17.4 Å². The number of rotatable bonds is 16. The first-order valence-corrected chi connectivity index (χ1v) is 14.5. The Morgan fingerprint density at radius 2 is 1.76 bits per heavy atom. The fourth-order valence-corrected chi connectivity index (χ4v) is 5.54. The van der Waals surface area contributed by atoms with Gasteiger partial charge in [-0.05, 0) is 61.9 Å². The summed E-state index contributed by atoms with van der Waals surface area (Å²) in [5, 5.41) is 3.42. The Morgan fingerprint density at radius 1 is 0.976 bits per heavy atom. The summed E-state index contributed by atoms with van der Waals surface area (Å²) in [7, 11) is 6.62. The summed E-state index contributed by atoms with van der Waals surface area (Å²) in [5.74, 6) is 1.02. The van der Waals surface area contributed by atoms with Crippen molar-refractivity contribution in [3.8, 4) is 11.5 Å². The third-order valence-electron chi connectivity index (χ3n) is 7.77. The van der Waals surface area contributed by atoms with Gasteiger partial charge < -0.3 is 38.5 Å². The Labute approximate surface area is 242 Å². The molecule has 10 nitrogen and oxygen atoms in total. The zero-order chi connectivity index (χ0) is 29.2. The van der Waals surface area contributed by atoms with Crippen LogP contribution in [0, 0.1) is 5.92 Å². The maximum atomic E-state index is 14.3. The molecule has 1 saturated carbocycles. The van der Waals surface area contributed by atoms with E-state index in [1.54, 1.807) is 40.6 Å². The average molecular weight is 572 g/mol. The second kappa shape index (κ2) is 15.3. The standard InChI is InChI=1S/C31H45N3O7/c1-33-20-29(41-21-39-4)27(17-30(33)35)26-9-10-32-18-28(26)31(36)34(24-7-8-24)19-23-14-22(6-5-11-37-2)15-25(16-23)40-13-12-38-3/h14-17,20,24,26,28,32H,5-13,18-19,21H2,1-4H3/t26-,28?/m1/s1. The number of hydrogen-bond donors (Lipinski definition) is 1.